The summed E-state index contributed by atoms with van der Waals surface area (Å²) in [6.07, 6.45) is 2.76. The third-order valence-electron chi connectivity index (χ3n) is 3.33. The summed E-state index contributed by atoms with van der Waals surface area (Å²) in [7, 11) is 0. The van der Waals surface area contributed by atoms with E-state index in [2.05, 4.69) is 39.8 Å². The van der Waals surface area contributed by atoms with Crippen LogP contribution < -0.4 is 4.74 Å². The van der Waals surface area contributed by atoms with Gasteiger partial charge in [0, 0.05) is 6.42 Å². The topological polar surface area (TPSA) is 46.5 Å². The second kappa shape index (κ2) is 7.32. The lowest BCUT2D eigenvalue weighted by Gasteiger charge is -2.20. The summed E-state index contributed by atoms with van der Waals surface area (Å²) >= 11 is 0. The van der Waals surface area contributed by atoms with Gasteiger partial charge in [-0.15, -0.1) is 0 Å². The van der Waals surface area contributed by atoms with Gasteiger partial charge in [-0.3, -0.25) is 4.79 Å². The summed E-state index contributed by atoms with van der Waals surface area (Å²) in [5.74, 6) is 0.204. The van der Waals surface area contributed by atoms with E-state index >= 15 is 0 Å². The van der Waals surface area contributed by atoms with Crippen molar-refractivity contribution in [2.45, 2.75) is 58.8 Å². The van der Waals surface area contributed by atoms with Crippen molar-refractivity contribution in [2.24, 2.45) is 0 Å². The molecule has 0 spiro atoms. The van der Waals surface area contributed by atoms with E-state index in [1.165, 1.54) is 5.56 Å². The highest BCUT2D eigenvalue weighted by Crippen LogP contribution is 2.27. The molecule has 0 aromatic heterocycles. The molecular weight excluding hydrogens is 252 g/mol. The van der Waals surface area contributed by atoms with Crippen LogP contribution in [0.15, 0.2) is 18.2 Å². The van der Waals surface area contributed by atoms with Crippen LogP contribution in [-0.4, -0.2) is 17.7 Å². The first-order valence-electron chi connectivity index (χ1n) is 7.26. The van der Waals surface area contributed by atoms with Gasteiger partial charge in [0.15, 0.2) is 0 Å². The van der Waals surface area contributed by atoms with E-state index in [0.29, 0.717) is 6.61 Å². The summed E-state index contributed by atoms with van der Waals surface area (Å²) in [4.78, 5) is 10.4. The van der Waals surface area contributed by atoms with Gasteiger partial charge in [-0.2, -0.15) is 0 Å². The van der Waals surface area contributed by atoms with E-state index in [1.807, 2.05) is 6.07 Å². The molecule has 1 aromatic rings. The number of benzene rings is 1. The maximum atomic E-state index is 10.4. The molecule has 0 bridgehead atoms. The SMILES string of the molecule is Cc1cc(C(C)(C)C)ccc1OCCCCCC(=O)O. The number of aliphatic carboxylic acids is 1. The Hall–Kier alpha value is -1.51. The Balaban J connectivity index is 2.40. The number of ether oxygens (including phenoxy) is 1. The molecular formula is C17H26O3. The van der Waals surface area contributed by atoms with Gasteiger partial charge in [-0.25, -0.2) is 0 Å². The molecule has 0 heterocycles. The number of hydrogen-bond donors (Lipinski definition) is 1. The summed E-state index contributed by atoms with van der Waals surface area (Å²) in [6, 6.07) is 6.33. The lowest BCUT2D eigenvalue weighted by atomic mass is 9.86. The predicted octanol–water partition coefficient (Wildman–Crippen LogP) is 4.32. The van der Waals surface area contributed by atoms with E-state index in [1.54, 1.807) is 0 Å². The van der Waals surface area contributed by atoms with Gasteiger partial charge >= 0.3 is 5.97 Å². The minimum absolute atomic E-state index is 0.153. The van der Waals surface area contributed by atoms with Crippen LogP contribution >= 0.6 is 0 Å². The van der Waals surface area contributed by atoms with Crippen LogP contribution in [0.3, 0.4) is 0 Å². The van der Waals surface area contributed by atoms with Crippen molar-refractivity contribution >= 4 is 5.97 Å². The van der Waals surface area contributed by atoms with Crippen molar-refractivity contribution in [3.8, 4) is 5.75 Å². The first kappa shape index (κ1) is 16.5. The predicted molar refractivity (Wildman–Crippen MR) is 81.5 cm³/mol. The van der Waals surface area contributed by atoms with Crippen molar-refractivity contribution < 1.29 is 14.6 Å². The smallest absolute Gasteiger partial charge is 0.303 e. The molecule has 0 radical (unpaired) electrons. The highest BCUT2D eigenvalue weighted by Gasteiger charge is 2.14. The fourth-order valence-corrected chi connectivity index (χ4v) is 2.02. The van der Waals surface area contributed by atoms with Crippen LogP contribution in [0.1, 0.15) is 57.6 Å². The molecule has 20 heavy (non-hydrogen) atoms. The minimum atomic E-state index is -0.723. The Morgan fingerprint density at radius 2 is 1.90 bits per heavy atom. The van der Waals surface area contributed by atoms with Gasteiger partial charge in [0.25, 0.3) is 0 Å². The zero-order chi connectivity index (χ0) is 15.2. The zero-order valence-corrected chi connectivity index (χ0v) is 13.0. The Kier molecular flexibility index (Phi) is 6.05. The monoisotopic (exact) mass is 278 g/mol. The van der Waals surface area contributed by atoms with Crippen LogP contribution in [0.2, 0.25) is 0 Å². The second-order valence-corrected chi connectivity index (χ2v) is 6.28. The molecule has 0 aliphatic carbocycles. The maximum Gasteiger partial charge on any atom is 0.303 e. The van der Waals surface area contributed by atoms with Crippen molar-refractivity contribution in [2.75, 3.05) is 6.61 Å². The van der Waals surface area contributed by atoms with Crippen LogP contribution in [0, 0.1) is 6.92 Å². The molecule has 0 aliphatic rings. The van der Waals surface area contributed by atoms with E-state index in [0.717, 1.165) is 30.6 Å². The summed E-state index contributed by atoms with van der Waals surface area (Å²) in [5.41, 5.74) is 2.62. The standard InChI is InChI=1S/C17H26O3/c1-13-12-14(17(2,3)4)9-10-15(13)20-11-7-5-6-8-16(18)19/h9-10,12H,5-8,11H2,1-4H3,(H,18,19). The number of hydrogen-bond acceptors (Lipinski definition) is 2. The van der Waals surface area contributed by atoms with Crippen LogP contribution in [0.5, 0.6) is 5.75 Å². The highest BCUT2D eigenvalue weighted by atomic mass is 16.5. The summed E-state index contributed by atoms with van der Waals surface area (Å²) in [5, 5.41) is 8.54. The summed E-state index contributed by atoms with van der Waals surface area (Å²) < 4.78 is 5.76. The maximum absolute atomic E-state index is 10.4. The van der Waals surface area contributed by atoms with E-state index in [9.17, 15) is 4.79 Å². The fraction of sp³-hybridized carbons (Fsp3) is 0.588. The fourth-order valence-electron chi connectivity index (χ4n) is 2.02. The molecule has 1 aromatic carbocycles. The van der Waals surface area contributed by atoms with Crippen molar-refractivity contribution in [1.82, 2.24) is 0 Å². The molecule has 0 saturated heterocycles. The molecule has 0 atom stereocenters. The zero-order valence-electron chi connectivity index (χ0n) is 13.0. The number of carbonyl (C=O) groups is 1. The molecule has 3 heteroatoms. The van der Waals surface area contributed by atoms with Crippen molar-refractivity contribution in [3.05, 3.63) is 29.3 Å². The lowest BCUT2D eigenvalue weighted by molar-refractivity contribution is -0.137. The quantitative estimate of drug-likeness (QED) is 0.756. The molecule has 1 rings (SSSR count). The number of carboxylic acids is 1. The Labute approximate surface area is 122 Å². The number of carboxylic acid groups (broad SMARTS) is 1. The minimum Gasteiger partial charge on any atom is -0.493 e. The first-order valence-corrected chi connectivity index (χ1v) is 7.26. The normalized spacial score (nSPS) is 11.4. The van der Waals surface area contributed by atoms with Gasteiger partial charge in [0.05, 0.1) is 6.61 Å². The van der Waals surface area contributed by atoms with Gasteiger partial charge in [0.2, 0.25) is 0 Å². The Morgan fingerprint density at radius 3 is 2.45 bits per heavy atom. The van der Waals surface area contributed by atoms with Gasteiger partial charge in [-0.1, -0.05) is 32.9 Å². The third-order valence-corrected chi connectivity index (χ3v) is 3.33. The molecule has 0 unspecified atom stereocenters. The van der Waals surface area contributed by atoms with E-state index in [4.69, 9.17) is 9.84 Å². The van der Waals surface area contributed by atoms with Crippen LogP contribution in [0.25, 0.3) is 0 Å². The lowest BCUT2D eigenvalue weighted by Crippen LogP contribution is -2.11. The third kappa shape index (κ3) is 5.64. The largest absolute Gasteiger partial charge is 0.493 e. The molecule has 0 amide bonds. The number of unbranched alkanes of at least 4 members (excludes halogenated alkanes) is 2. The molecule has 0 saturated carbocycles. The molecule has 3 nitrogen and oxygen atoms in total. The molecule has 1 N–H and O–H groups in total. The first-order chi connectivity index (χ1) is 9.30. The van der Waals surface area contributed by atoms with Crippen molar-refractivity contribution in [3.63, 3.8) is 0 Å². The average molecular weight is 278 g/mol. The number of aryl methyl sites for hydroxylation is 1. The number of rotatable bonds is 7. The molecule has 0 fully saturated rings. The van der Waals surface area contributed by atoms with Gasteiger partial charge < -0.3 is 9.84 Å². The average Bonchev–Trinajstić information content (AvgIpc) is 2.33. The molecule has 0 aliphatic heterocycles. The molecule has 112 valence electrons. The van der Waals surface area contributed by atoms with Crippen molar-refractivity contribution in [1.29, 1.82) is 0 Å². The second-order valence-electron chi connectivity index (χ2n) is 6.28. The van der Waals surface area contributed by atoms with Gasteiger partial charge in [0.1, 0.15) is 5.75 Å². The van der Waals surface area contributed by atoms with E-state index < -0.39 is 5.97 Å². The summed E-state index contributed by atoms with van der Waals surface area (Å²) in [6.45, 7) is 9.31. The van der Waals surface area contributed by atoms with Gasteiger partial charge in [-0.05, 0) is 48.8 Å². The highest BCUT2D eigenvalue weighted by molar-refractivity contribution is 5.66. The van der Waals surface area contributed by atoms with Crippen LogP contribution in [-0.2, 0) is 10.2 Å². The van der Waals surface area contributed by atoms with E-state index in [-0.39, 0.29) is 11.8 Å². The Morgan fingerprint density at radius 1 is 1.20 bits per heavy atom. The Bertz CT molecular complexity index is 444. The van der Waals surface area contributed by atoms with Crippen LogP contribution in [0.4, 0.5) is 0 Å².